The summed E-state index contributed by atoms with van der Waals surface area (Å²) in [5, 5.41) is 15.4. The normalized spacial score (nSPS) is 10.2. The molecule has 0 spiro atoms. The van der Waals surface area contributed by atoms with Crippen molar-refractivity contribution in [3.63, 3.8) is 0 Å². The van der Waals surface area contributed by atoms with E-state index in [1.54, 1.807) is 35.1 Å². The van der Waals surface area contributed by atoms with Gasteiger partial charge in [-0.3, -0.25) is 14.3 Å². The van der Waals surface area contributed by atoms with Crippen molar-refractivity contribution in [3.05, 3.63) is 42.2 Å². The molecule has 22 heavy (non-hydrogen) atoms. The number of methoxy groups -OCH3 is 1. The SMILES string of the molecule is COc1cccc(C(=O)Nc2cnn(CCCC(=O)O)c2)c1. The van der Waals surface area contributed by atoms with E-state index >= 15 is 0 Å². The van der Waals surface area contributed by atoms with Gasteiger partial charge in [0.15, 0.2) is 0 Å². The molecule has 0 saturated carbocycles. The number of nitrogens with zero attached hydrogens (tertiary/aromatic N) is 2. The molecule has 7 heteroatoms. The fourth-order valence-corrected chi connectivity index (χ4v) is 1.91. The van der Waals surface area contributed by atoms with Crippen molar-refractivity contribution >= 4 is 17.6 Å². The average Bonchev–Trinajstić information content (AvgIpc) is 2.94. The molecule has 0 atom stereocenters. The molecule has 1 amide bonds. The van der Waals surface area contributed by atoms with E-state index in [1.165, 1.54) is 13.3 Å². The zero-order valence-electron chi connectivity index (χ0n) is 12.2. The molecule has 0 radical (unpaired) electrons. The average molecular weight is 303 g/mol. The topological polar surface area (TPSA) is 93.5 Å². The summed E-state index contributed by atoms with van der Waals surface area (Å²) in [6.45, 7) is 0.487. The van der Waals surface area contributed by atoms with Crippen LogP contribution >= 0.6 is 0 Å². The number of nitrogens with one attached hydrogen (secondary N) is 1. The van der Waals surface area contributed by atoms with Gasteiger partial charge in [-0.25, -0.2) is 0 Å². The second-order valence-corrected chi connectivity index (χ2v) is 4.68. The van der Waals surface area contributed by atoms with E-state index < -0.39 is 5.97 Å². The van der Waals surface area contributed by atoms with E-state index in [4.69, 9.17) is 9.84 Å². The predicted molar refractivity (Wildman–Crippen MR) is 80.0 cm³/mol. The van der Waals surface area contributed by atoms with Gasteiger partial charge < -0.3 is 15.2 Å². The molecule has 2 aromatic rings. The van der Waals surface area contributed by atoms with E-state index in [-0.39, 0.29) is 12.3 Å². The first-order chi connectivity index (χ1) is 10.6. The van der Waals surface area contributed by atoms with Crippen LogP contribution in [0.15, 0.2) is 36.7 Å². The monoisotopic (exact) mass is 303 g/mol. The molecule has 0 bridgehead atoms. The molecule has 7 nitrogen and oxygen atoms in total. The molecule has 0 saturated heterocycles. The Hall–Kier alpha value is -2.83. The third-order valence-electron chi connectivity index (χ3n) is 3.00. The first-order valence-corrected chi connectivity index (χ1v) is 6.78. The van der Waals surface area contributed by atoms with Gasteiger partial charge in [0.1, 0.15) is 5.75 Å². The molecule has 1 aromatic carbocycles. The number of aromatic nitrogens is 2. The van der Waals surface area contributed by atoms with Crippen molar-refractivity contribution in [2.45, 2.75) is 19.4 Å². The lowest BCUT2D eigenvalue weighted by Crippen LogP contribution is -2.11. The zero-order chi connectivity index (χ0) is 15.9. The van der Waals surface area contributed by atoms with Crippen LogP contribution in [0.5, 0.6) is 5.75 Å². The summed E-state index contributed by atoms with van der Waals surface area (Å²) in [5.74, 6) is -0.486. The van der Waals surface area contributed by atoms with Crippen LogP contribution in [0.3, 0.4) is 0 Å². The second-order valence-electron chi connectivity index (χ2n) is 4.68. The maximum atomic E-state index is 12.1. The van der Waals surface area contributed by atoms with Crippen molar-refractivity contribution < 1.29 is 19.4 Å². The highest BCUT2D eigenvalue weighted by Crippen LogP contribution is 2.14. The molecule has 0 aliphatic heterocycles. The largest absolute Gasteiger partial charge is 0.497 e. The van der Waals surface area contributed by atoms with Crippen molar-refractivity contribution in [2.24, 2.45) is 0 Å². The molecule has 0 aliphatic carbocycles. The fourth-order valence-electron chi connectivity index (χ4n) is 1.91. The van der Waals surface area contributed by atoms with Gasteiger partial charge in [0, 0.05) is 24.7 Å². The Morgan fingerprint density at radius 2 is 2.23 bits per heavy atom. The zero-order valence-corrected chi connectivity index (χ0v) is 12.2. The van der Waals surface area contributed by atoms with Crippen LogP contribution in [-0.2, 0) is 11.3 Å². The number of carbonyl (C=O) groups excluding carboxylic acids is 1. The summed E-state index contributed by atoms with van der Waals surface area (Å²) < 4.78 is 6.68. The molecule has 2 N–H and O–H groups in total. The number of aliphatic carboxylic acids is 1. The molecular formula is C15H17N3O4. The van der Waals surface area contributed by atoms with Crippen LogP contribution in [-0.4, -0.2) is 33.9 Å². The standard InChI is InChI=1S/C15H17N3O4/c1-22-13-5-2-4-11(8-13)15(21)17-12-9-16-18(10-12)7-3-6-14(19)20/h2,4-5,8-10H,3,6-7H2,1H3,(H,17,21)(H,19,20). The van der Waals surface area contributed by atoms with Crippen molar-refractivity contribution in [2.75, 3.05) is 12.4 Å². The number of carboxylic acid groups (broad SMARTS) is 1. The number of benzene rings is 1. The summed E-state index contributed by atoms with van der Waals surface area (Å²) in [4.78, 5) is 22.6. The maximum absolute atomic E-state index is 12.1. The van der Waals surface area contributed by atoms with Gasteiger partial charge >= 0.3 is 5.97 Å². The number of amides is 1. The van der Waals surface area contributed by atoms with Crippen molar-refractivity contribution in [3.8, 4) is 5.75 Å². The third kappa shape index (κ3) is 4.34. The summed E-state index contributed by atoms with van der Waals surface area (Å²) >= 11 is 0. The van der Waals surface area contributed by atoms with Gasteiger partial charge in [0.05, 0.1) is 19.0 Å². The highest BCUT2D eigenvalue weighted by atomic mass is 16.5. The minimum atomic E-state index is -0.835. The van der Waals surface area contributed by atoms with E-state index in [1.807, 2.05) is 0 Å². The molecule has 2 rings (SSSR count). The number of carbonyl (C=O) groups is 2. The van der Waals surface area contributed by atoms with Crippen molar-refractivity contribution in [1.29, 1.82) is 0 Å². The van der Waals surface area contributed by atoms with Gasteiger partial charge in [0.25, 0.3) is 5.91 Å². The van der Waals surface area contributed by atoms with E-state index in [2.05, 4.69) is 10.4 Å². The van der Waals surface area contributed by atoms with Gasteiger partial charge in [-0.15, -0.1) is 0 Å². The highest BCUT2D eigenvalue weighted by Gasteiger charge is 2.08. The lowest BCUT2D eigenvalue weighted by molar-refractivity contribution is -0.137. The van der Waals surface area contributed by atoms with Crippen LogP contribution in [0.2, 0.25) is 0 Å². The van der Waals surface area contributed by atoms with E-state index in [0.717, 1.165) is 0 Å². The lowest BCUT2D eigenvalue weighted by Gasteiger charge is -2.04. The Balaban J connectivity index is 1.94. The number of carboxylic acids is 1. The Bertz CT molecular complexity index is 666. The number of anilines is 1. The third-order valence-corrected chi connectivity index (χ3v) is 3.00. The Morgan fingerprint density at radius 1 is 1.41 bits per heavy atom. The molecule has 1 heterocycles. The molecule has 0 unspecified atom stereocenters. The van der Waals surface area contributed by atoms with Crippen molar-refractivity contribution in [1.82, 2.24) is 9.78 Å². The minimum Gasteiger partial charge on any atom is -0.497 e. The molecule has 1 aromatic heterocycles. The Labute approximate surface area is 127 Å². The van der Waals surface area contributed by atoms with Gasteiger partial charge in [-0.05, 0) is 24.6 Å². The molecule has 0 aliphatic rings. The minimum absolute atomic E-state index is 0.0887. The van der Waals surface area contributed by atoms with Crippen LogP contribution in [0.1, 0.15) is 23.2 Å². The fraction of sp³-hybridized carbons (Fsp3) is 0.267. The summed E-state index contributed by atoms with van der Waals surface area (Å²) in [6, 6.07) is 6.84. The Morgan fingerprint density at radius 3 is 2.95 bits per heavy atom. The number of hydrogen-bond acceptors (Lipinski definition) is 4. The quantitative estimate of drug-likeness (QED) is 0.816. The molecule has 0 fully saturated rings. The first kappa shape index (κ1) is 15.6. The van der Waals surface area contributed by atoms with Gasteiger partial charge in [0.2, 0.25) is 0 Å². The summed E-state index contributed by atoms with van der Waals surface area (Å²) in [7, 11) is 1.54. The van der Waals surface area contributed by atoms with E-state index in [9.17, 15) is 9.59 Å². The number of ether oxygens (including phenoxy) is 1. The second kappa shape index (κ2) is 7.26. The molecule has 116 valence electrons. The van der Waals surface area contributed by atoms with Gasteiger partial charge in [-0.1, -0.05) is 6.07 Å². The number of hydrogen-bond donors (Lipinski definition) is 2. The lowest BCUT2D eigenvalue weighted by atomic mass is 10.2. The smallest absolute Gasteiger partial charge is 0.303 e. The highest BCUT2D eigenvalue weighted by molar-refractivity contribution is 6.04. The predicted octanol–water partition coefficient (Wildman–Crippen LogP) is 2.01. The van der Waals surface area contributed by atoms with Crippen LogP contribution < -0.4 is 10.1 Å². The summed E-state index contributed by atoms with van der Waals surface area (Å²) in [6.07, 6.45) is 3.77. The van der Waals surface area contributed by atoms with E-state index in [0.29, 0.717) is 30.0 Å². The molecular weight excluding hydrogens is 286 g/mol. The Kier molecular flexibility index (Phi) is 5.13. The summed E-state index contributed by atoms with van der Waals surface area (Å²) in [5.41, 5.74) is 1.04. The first-order valence-electron chi connectivity index (χ1n) is 6.78. The van der Waals surface area contributed by atoms with Crippen LogP contribution in [0.25, 0.3) is 0 Å². The van der Waals surface area contributed by atoms with Crippen LogP contribution in [0.4, 0.5) is 5.69 Å². The van der Waals surface area contributed by atoms with Crippen LogP contribution in [0, 0.1) is 0 Å². The number of rotatable bonds is 7. The van der Waals surface area contributed by atoms with Gasteiger partial charge in [-0.2, -0.15) is 5.10 Å². The number of aryl methyl sites for hydroxylation is 1. The maximum Gasteiger partial charge on any atom is 0.303 e.